The van der Waals surface area contributed by atoms with Crippen molar-refractivity contribution in [2.24, 2.45) is 0 Å². The highest BCUT2D eigenvalue weighted by atomic mass is 35.5. The van der Waals surface area contributed by atoms with Crippen molar-refractivity contribution in [2.75, 3.05) is 7.11 Å². The summed E-state index contributed by atoms with van der Waals surface area (Å²) >= 11 is 5.54. The van der Waals surface area contributed by atoms with E-state index in [2.05, 4.69) is 10.1 Å². The molecule has 0 N–H and O–H groups in total. The van der Waals surface area contributed by atoms with E-state index in [1.165, 1.54) is 0 Å². The maximum absolute atomic E-state index is 5.54. The van der Waals surface area contributed by atoms with E-state index in [0.717, 1.165) is 6.42 Å². The summed E-state index contributed by atoms with van der Waals surface area (Å²) in [5, 5.41) is 3.81. The van der Waals surface area contributed by atoms with Crippen LogP contribution in [0.5, 0.6) is 0 Å². The third-order valence-electron chi connectivity index (χ3n) is 2.18. The summed E-state index contributed by atoms with van der Waals surface area (Å²) in [6.07, 6.45) is 0.782. The zero-order valence-electron chi connectivity index (χ0n) is 8.00. The summed E-state index contributed by atoms with van der Waals surface area (Å²) in [5.74, 6) is 1.21. The lowest BCUT2D eigenvalue weighted by Crippen LogP contribution is -2.24. The summed E-state index contributed by atoms with van der Waals surface area (Å²) in [5.41, 5.74) is -0.478. The van der Waals surface area contributed by atoms with Crippen LogP contribution in [-0.4, -0.2) is 17.3 Å². The van der Waals surface area contributed by atoms with E-state index >= 15 is 0 Å². The molecule has 1 aromatic heterocycles. The monoisotopic (exact) mass is 204 g/mol. The number of rotatable bonds is 4. The second-order valence-electron chi connectivity index (χ2n) is 2.93. The molecule has 0 saturated carbocycles. The second kappa shape index (κ2) is 4.07. The summed E-state index contributed by atoms with van der Waals surface area (Å²) in [6, 6.07) is 0. The molecule has 1 rings (SSSR count). The first-order valence-corrected chi connectivity index (χ1v) is 4.64. The van der Waals surface area contributed by atoms with Crippen LogP contribution < -0.4 is 0 Å². The van der Waals surface area contributed by atoms with Gasteiger partial charge in [-0.3, -0.25) is 0 Å². The van der Waals surface area contributed by atoms with Crippen molar-refractivity contribution in [3.63, 3.8) is 0 Å². The predicted octanol–water partition coefficient (Wildman–Crippen LogP) is 2.08. The fourth-order valence-corrected chi connectivity index (χ4v) is 1.03. The molecule has 0 amide bonds. The van der Waals surface area contributed by atoms with Crippen LogP contribution in [0.3, 0.4) is 0 Å². The molecule has 1 heterocycles. The molecular weight excluding hydrogens is 192 g/mol. The zero-order chi connectivity index (χ0) is 9.90. The molecule has 4 nitrogen and oxygen atoms in total. The summed E-state index contributed by atoms with van der Waals surface area (Å²) in [4.78, 5) is 4.11. The van der Waals surface area contributed by atoms with E-state index in [1.807, 2.05) is 13.8 Å². The maximum Gasteiger partial charge on any atom is 0.241 e. The highest BCUT2D eigenvalue weighted by molar-refractivity contribution is 6.16. The maximum atomic E-state index is 5.54. The first kappa shape index (κ1) is 10.5. The van der Waals surface area contributed by atoms with Crippen LogP contribution in [-0.2, 0) is 16.2 Å². The summed E-state index contributed by atoms with van der Waals surface area (Å²) in [7, 11) is 1.63. The Kier molecular flexibility index (Phi) is 3.27. The Morgan fingerprint density at radius 3 is 2.69 bits per heavy atom. The average molecular weight is 205 g/mol. The summed E-state index contributed by atoms with van der Waals surface area (Å²) in [6.45, 7) is 3.91. The van der Waals surface area contributed by atoms with Crippen LogP contribution in [0.25, 0.3) is 0 Å². The molecule has 0 fully saturated rings. The van der Waals surface area contributed by atoms with Crippen molar-refractivity contribution in [3.8, 4) is 0 Å². The standard InChI is InChI=1S/C8H13ClN2O2/c1-4-8(2,12-3)7-10-6(5-9)13-11-7/h4-5H2,1-3H3. The molecule has 0 aromatic carbocycles. The van der Waals surface area contributed by atoms with Gasteiger partial charge in [0.1, 0.15) is 11.5 Å². The average Bonchev–Trinajstić information content (AvgIpc) is 2.65. The predicted molar refractivity (Wildman–Crippen MR) is 48.5 cm³/mol. The number of alkyl halides is 1. The van der Waals surface area contributed by atoms with Crippen molar-refractivity contribution in [2.45, 2.75) is 31.7 Å². The Morgan fingerprint density at radius 2 is 2.31 bits per heavy atom. The van der Waals surface area contributed by atoms with Gasteiger partial charge in [-0.15, -0.1) is 11.6 Å². The van der Waals surface area contributed by atoms with Crippen molar-refractivity contribution < 1.29 is 9.26 Å². The number of hydrogen-bond acceptors (Lipinski definition) is 4. The van der Waals surface area contributed by atoms with Crippen LogP contribution >= 0.6 is 11.6 Å². The third kappa shape index (κ3) is 2.00. The molecule has 0 aliphatic rings. The normalized spacial score (nSPS) is 15.7. The lowest BCUT2D eigenvalue weighted by molar-refractivity contribution is -0.0106. The van der Waals surface area contributed by atoms with E-state index in [-0.39, 0.29) is 5.88 Å². The molecule has 13 heavy (non-hydrogen) atoms. The lowest BCUT2D eigenvalue weighted by atomic mass is 10.0. The van der Waals surface area contributed by atoms with Crippen LogP contribution in [0.4, 0.5) is 0 Å². The molecule has 1 aromatic rings. The van der Waals surface area contributed by atoms with Gasteiger partial charge < -0.3 is 9.26 Å². The third-order valence-corrected chi connectivity index (χ3v) is 2.41. The molecule has 0 spiro atoms. The van der Waals surface area contributed by atoms with Gasteiger partial charge >= 0.3 is 0 Å². The Bertz CT molecular complexity index is 271. The van der Waals surface area contributed by atoms with Crippen LogP contribution in [0.2, 0.25) is 0 Å². The van der Waals surface area contributed by atoms with Gasteiger partial charge in [0.15, 0.2) is 0 Å². The van der Waals surface area contributed by atoms with Gasteiger partial charge in [0.25, 0.3) is 0 Å². The largest absolute Gasteiger partial charge is 0.370 e. The molecule has 1 unspecified atom stereocenters. The minimum atomic E-state index is -0.478. The lowest BCUT2D eigenvalue weighted by Gasteiger charge is -2.21. The molecular formula is C8H13ClN2O2. The molecule has 5 heteroatoms. The van der Waals surface area contributed by atoms with Gasteiger partial charge in [0.05, 0.1) is 0 Å². The Morgan fingerprint density at radius 1 is 1.62 bits per heavy atom. The van der Waals surface area contributed by atoms with Crippen molar-refractivity contribution in [3.05, 3.63) is 11.7 Å². The van der Waals surface area contributed by atoms with Crippen molar-refractivity contribution in [1.82, 2.24) is 10.1 Å². The van der Waals surface area contributed by atoms with E-state index < -0.39 is 5.60 Å². The SMILES string of the molecule is CCC(C)(OC)c1noc(CCl)n1. The Hall–Kier alpha value is -0.610. The zero-order valence-corrected chi connectivity index (χ0v) is 8.76. The highest BCUT2D eigenvalue weighted by Crippen LogP contribution is 2.25. The topological polar surface area (TPSA) is 48.2 Å². The first-order chi connectivity index (χ1) is 6.16. The number of halogens is 1. The second-order valence-corrected chi connectivity index (χ2v) is 3.20. The minimum absolute atomic E-state index is 0.233. The fraction of sp³-hybridized carbons (Fsp3) is 0.750. The first-order valence-electron chi connectivity index (χ1n) is 4.10. The van der Waals surface area contributed by atoms with E-state index in [4.69, 9.17) is 20.9 Å². The molecule has 0 aliphatic heterocycles. The van der Waals surface area contributed by atoms with Crippen LogP contribution in [0.15, 0.2) is 4.52 Å². The Balaban J connectivity index is 2.91. The molecule has 0 aliphatic carbocycles. The molecule has 0 saturated heterocycles. The van der Waals surface area contributed by atoms with Gasteiger partial charge in [-0.25, -0.2) is 0 Å². The van der Waals surface area contributed by atoms with E-state index in [0.29, 0.717) is 11.7 Å². The van der Waals surface area contributed by atoms with Crippen molar-refractivity contribution in [1.29, 1.82) is 0 Å². The quantitative estimate of drug-likeness (QED) is 0.705. The van der Waals surface area contributed by atoms with Crippen LogP contribution in [0.1, 0.15) is 32.0 Å². The van der Waals surface area contributed by atoms with Crippen molar-refractivity contribution >= 4 is 11.6 Å². The molecule has 1 atom stereocenters. The van der Waals surface area contributed by atoms with Gasteiger partial charge in [-0.05, 0) is 13.3 Å². The van der Waals surface area contributed by atoms with Gasteiger partial charge in [-0.1, -0.05) is 12.1 Å². The molecule has 74 valence electrons. The highest BCUT2D eigenvalue weighted by Gasteiger charge is 2.29. The van der Waals surface area contributed by atoms with Crippen LogP contribution in [0, 0.1) is 0 Å². The van der Waals surface area contributed by atoms with E-state index in [9.17, 15) is 0 Å². The number of nitrogens with zero attached hydrogens (tertiary/aromatic N) is 2. The van der Waals surface area contributed by atoms with Gasteiger partial charge in [0.2, 0.25) is 11.7 Å². The number of aromatic nitrogens is 2. The van der Waals surface area contributed by atoms with Gasteiger partial charge in [-0.2, -0.15) is 4.98 Å². The number of ether oxygens (including phenoxy) is 1. The number of methoxy groups -OCH3 is 1. The fourth-order valence-electron chi connectivity index (χ4n) is 0.918. The number of hydrogen-bond donors (Lipinski definition) is 0. The minimum Gasteiger partial charge on any atom is -0.370 e. The molecule has 0 radical (unpaired) electrons. The van der Waals surface area contributed by atoms with E-state index in [1.54, 1.807) is 7.11 Å². The Labute approximate surface area is 82.2 Å². The summed E-state index contributed by atoms with van der Waals surface area (Å²) < 4.78 is 10.2. The smallest absolute Gasteiger partial charge is 0.241 e. The van der Waals surface area contributed by atoms with Gasteiger partial charge in [0, 0.05) is 7.11 Å². The molecule has 0 bridgehead atoms.